The Kier molecular flexibility index (Phi) is 5.74. The highest BCUT2D eigenvalue weighted by molar-refractivity contribution is 7.86. The van der Waals surface area contributed by atoms with E-state index in [0.717, 1.165) is 7.05 Å². The van der Waals surface area contributed by atoms with Gasteiger partial charge in [-0.05, 0) is 18.2 Å². The molecule has 0 aliphatic carbocycles. The number of aromatic amines is 1. The molecule has 1 aromatic heterocycles. The Bertz CT molecular complexity index is 1290. The summed E-state index contributed by atoms with van der Waals surface area (Å²) in [5.74, 6) is -1.97. The SMILES string of the molecule is COc1cc2c(-c3ccc(CN(C)S(N)(=O)=O)c(F)c3F)n[nH]c(=O)c2cc1OC. The van der Waals surface area contributed by atoms with Gasteiger partial charge in [0.05, 0.1) is 19.6 Å². The second-order valence-electron chi connectivity index (χ2n) is 6.36. The van der Waals surface area contributed by atoms with Gasteiger partial charge in [-0.3, -0.25) is 4.79 Å². The first-order valence-electron chi connectivity index (χ1n) is 8.44. The van der Waals surface area contributed by atoms with Gasteiger partial charge in [0.1, 0.15) is 5.69 Å². The molecule has 0 saturated carbocycles. The van der Waals surface area contributed by atoms with Gasteiger partial charge in [-0.2, -0.15) is 17.8 Å². The number of H-pyrrole nitrogens is 1. The second-order valence-corrected chi connectivity index (χ2v) is 8.01. The topological polar surface area (TPSA) is 128 Å². The average molecular weight is 440 g/mol. The molecule has 30 heavy (non-hydrogen) atoms. The van der Waals surface area contributed by atoms with E-state index in [1.54, 1.807) is 0 Å². The molecule has 3 N–H and O–H groups in total. The van der Waals surface area contributed by atoms with Gasteiger partial charge in [-0.15, -0.1) is 0 Å². The van der Waals surface area contributed by atoms with E-state index in [9.17, 15) is 22.0 Å². The molecule has 0 spiro atoms. The summed E-state index contributed by atoms with van der Waals surface area (Å²) in [6.07, 6.45) is 0. The lowest BCUT2D eigenvalue weighted by atomic mass is 10.0. The summed E-state index contributed by atoms with van der Waals surface area (Å²) in [7, 11) is -0.153. The number of nitrogens with one attached hydrogen (secondary N) is 1. The molecule has 2 aromatic carbocycles. The predicted octanol–water partition coefficient (Wildman–Crippen LogP) is 1.52. The smallest absolute Gasteiger partial charge is 0.276 e. The van der Waals surface area contributed by atoms with Crippen molar-refractivity contribution in [2.24, 2.45) is 5.14 Å². The van der Waals surface area contributed by atoms with Crippen molar-refractivity contribution in [1.29, 1.82) is 0 Å². The molecule has 1 heterocycles. The molecule has 12 heteroatoms. The van der Waals surface area contributed by atoms with E-state index < -0.39 is 33.9 Å². The van der Waals surface area contributed by atoms with Crippen LogP contribution in [0.25, 0.3) is 22.0 Å². The van der Waals surface area contributed by atoms with Crippen molar-refractivity contribution >= 4 is 21.0 Å². The monoisotopic (exact) mass is 440 g/mol. The first-order valence-corrected chi connectivity index (χ1v) is 9.94. The normalized spacial score (nSPS) is 11.8. The Hall–Kier alpha value is -3.09. The highest BCUT2D eigenvalue weighted by Gasteiger charge is 2.22. The number of nitrogens with zero attached hydrogens (tertiary/aromatic N) is 2. The molecular weight excluding hydrogens is 422 g/mol. The molecule has 0 aliphatic heterocycles. The van der Waals surface area contributed by atoms with Crippen LogP contribution in [0, 0.1) is 11.6 Å². The van der Waals surface area contributed by atoms with Crippen LogP contribution in [0.2, 0.25) is 0 Å². The predicted molar refractivity (Wildman–Crippen MR) is 105 cm³/mol. The summed E-state index contributed by atoms with van der Waals surface area (Å²) in [5, 5.41) is 11.4. The molecule has 0 fully saturated rings. The minimum Gasteiger partial charge on any atom is -0.493 e. The number of ether oxygens (including phenoxy) is 2. The number of hydrogen-bond acceptors (Lipinski definition) is 6. The Morgan fingerprint density at radius 3 is 2.27 bits per heavy atom. The Morgan fingerprint density at radius 1 is 1.10 bits per heavy atom. The van der Waals surface area contributed by atoms with Gasteiger partial charge in [0.25, 0.3) is 15.8 Å². The van der Waals surface area contributed by atoms with Gasteiger partial charge in [-0.25, -0.2) is 19.0 Å². The fraction of sp³-hybridized carbons (Fsp3) is 0.222. The van der Waals surface area contributed by atoms with Gasteiger partial charge < -0.3 is 9.47 Å². The minimum absolute atomic E-state index is 0.0340. The van der Waals surface area contributed by atoms with E-state index in [0.29, 0.717) is 4.31 Å². The van der Waals surface area contributed by atoms with Crippen LogP contribution in [-0.2, 0) is 16.8 Å². The van der Waals surface area contributed by atoms with E-state index in [1.807, 2.05) is 0 Å². The van der Waals surface area contributed by atoms with Crippen LogP contribution < -0.4 is 20.2 Å². The third-order valence-corrected chi connectivity index (χ3v) is 5.54. The van der Waals surface area contributed by atoms with Crippen LogP contribution in [0.5, 0.6) is 11.5 Å². The highest BCUT2D eigenvalue weighted by Crippen LogP contribution is 2.36. The van der Waals surface area contributed by atoms with Crippen molar-refractivity contribution in [3.63, 3.8) is 0 Å². The minimum atomic E-state index is -4.07. The Labute approximate surface area is 170 Å². The zero-order valence-corrected chi connectivity index (χ0v) is 17.0. The van der Waals surface area contributed by atoms with Crippen molar-refractivity contribution in [2.75, 3.05) is 21.3 Å². The Morgan fingerprint density at radius 2 is 1.70 bits per heavy atom. The number of aromatic nitrogens is 2. The maximum atomic E-state index is 14.9. The third-order valence-electron chi connectivity index (χ3n) is 4.54. The summed E-state index contributed by atoms with van der Waals surface area (Å²) in [5.41, 5.74) is -1.04. The van der Waals surface area contributed by atoms with Crippen molar-refractivity contribution in [2.45, 2.75) is 6.54 Å². The number of methoxy groups -OCH3 is 2. The average Bonchev–Trinajstić information content (AvgIpc) is 2.70. The van der Waals surface area contributed by atoms with Crippen molar-refractivity contribution in [3.05, 3.63) is 51.8 Å². The highest BCUT2D eigenvalue weighted by atomic mass is 32.2. The molecule has 0 amide bonds. The maximum absolute atomic E-state index is 14.9. The van der Waals surface area contributed by atoms with Crippen molar-refractivity contribution < 1.29 is 26.7 Å². The summed E-state index contributed by atoms with van der Waals surface area (Å²) in [4.78, 5) is 12.2. The van der Waals surface area contributed by atoms with Gasteiger partial charge in [0.15, 0.2) is 23.1 Å². The molecule has 0 unspecified atom stereocenters. The summed E-state index contributed by atoms with van der Waals surface area (Å²) >= 11 is 0. The van der Waals surface area contributed by atoms with E-state index in [4.69, 9.17) is 14.6 Å². The molecule has 0 radical (unpaired) electrons. The van der Waals surface area contributed by atoms with Crippen molar-refractivity contribution in [3.8, 4) is 22.8 Å². The zero-order valence-electron chi connectivity index (χ0n) is 16.2. The van der Waals surface area contributed by atoms with Crippen molar-refractivity contribution in [1.82, 2.24) is 14.5 Å². The molecule has 160 valence electrons. The second kappa shape index (κ2) is 7.97. The lowest BCUT2D eigenvalue weighted by Crippen LogP contribution is -2.33. The first kappa shape index (κ1) is 21.6. The van der Waals surface area contributed by atoms with Gasteiger partial charge in [0, 0.05) is 30.1 Å². The Balaban J connectivity index is 2.20. The molecule has 3 rings (SSSR count). The van der Waals surface area contributed by atoms with Crippen LogP contribution in [0.4, 0.5) is 8.78 Å². The first-order chi connectivity index (χ1) is 14.1. The number of hydrogen-bond donors (Lipinski definition) is 2. The maximum Gasteiger partial charge on any atom is 0.276 e. The van der Waals surface area contributed by atoms with Crippen LogP contribution in [0.15, 0.2) is 29.1 Å². The van der Waals surface area contributed by atoms with Crippen LogP contribution in [0.1, 0.15) is 5.56 Å². The fourth-order valence-electron chi connectivity index (χ4n) is 2.92. The van der Waals surface area contributed by atoms with E-state index in [-0.39, 0.29) is 39.1 Å². The van der Waals surface area contributed by atoms with Crippen LogP contribution in [0.3, 0.4) is 0 Å². The standard InChI is InChI=1S/C18H18F2N4O5S/c1-24(30(21,26)27)8-9-4-5-10(16(20)15(9)19)17-11-6-13(28-2)14(29-3)7-12(11)18(25)23-22-17/h4-7H,8H2,1-3H3,(H,23,25)(H2,21,26,27). The molecule has 0 saturated heterocycles. The third kappa shape index (κ3) is 3.84. The van der Waals surface area contributed by atoms with Crippen LogP contribution in [-0.4, -0.2) is 44.2 Å². The molecule has 0 bridgehead atoms. The van der Waals surface area contributed by atoms with E-state index in [1.165, 1.54) is 38.5 Å². The molecule has 3 aromatic rings. The molecule has 9 nitrogen and oxygen atoms in total. The molecular formula is C18H18F2N4O5S. The van der Waals surface area contributed by atoms with Gasteiger partial charge in [-0.1, -0.05) is 6.07 Å². The number of halogens is 2. The lowest BCUT2D eigenvalue weighted by molar-refractivity contribution is 0.356. The van der Waals surface area contributed by atoms with Gasteiger partial charge >= 0.3 is 0 Å². The van der Waals surface area contributed by atoms with Gasteiger partial charge in [0.2, 0.25) is 0 Å². The quantitative estimate of drug-likeness (QED) is 0.598. The number of nitrogens with two attached hydrogens (primary N) is 1. The largest absolute Gasteiger partial charge is 0.493 e. The number of benzene rings is 2. The zero-order chi connectivity index (χ0) is 22.2. The number of fused-ring (bicyclic) bond motifs is 1. The van der Waals surface area contributed by atoms with E-state index in [2.05, 4.69) is 10.2 Å². The fourth-order valence-corrected chi connectivity index (χ4v) is 3.24. The molecule has 0 aliphatic rings. The number of rotatable bonds is 6. The summed E-state index contributed by atoms with van der Waals surface area (Å²) in [6.45, 7) is -0.466. The van der Waals surface area contributed by atoms with Crippen LogP contribution >= 0.6 is 0 Å². The summed E-state index contributed by atoms with van der Waals surface area (Å²) < 4.78 is 63.3. The molecule has 0 atom stereocenters. The lowest BCUT2D eigenvalue weighted by Gasteiger charge is -2.15. The summed E-state index contributed by atoms with van der Waals surface area (Å²) in [6, 6.07) is 5.30. The van der Waals surface area contributed by atoms with E-state index >= 15 is 0 Å².